The van der Waals surface area contributed by atoms with Gasteiger partial charge in [0.15, 0.2) is 0 Å². The fraction of sp³-hybridized carbons (Fsp3) is 0.250. The van der Waals surface area contributed by atoms with Crippen molar-refractivity contribution in [3.05, 3.63) is 60.2 Å². The molecular formula is C16H19N. The molecule has 2 rings (SSSR count). The van der Waals surface area contributed by atoms with Crippen LogP contribution in [0.15, 0.2) is 54.6 Å². The van der Waals surface area contributed by atoms with E-state index in [2.05, 4.69) is 68.2 Å². The number of benzene rings is 2. The molecule has 2 aromatic carbocycles. The maximum Gasteiger partial charge on any atom is 0.0536 e. The van der Waals surface area contributed by atoms with E-state index in [-0.39, 0.29) is 6.04 Å². The second kappa shape index (κ2) is 5.15. The molecule has 0 fully saturated rings. The summed E-state index contributed by atoms with van der Waals surface area (Å²) in [6.45, 7) is 9.24. The molecule has 0 spiro atoms. The van der Waals surface area contributed by atoms with Gasteiger partial charge in [0, 0.05) is 0 Å². The Balaban J connectivity index is 2.56. The molecule has 0 amide bonds. The molecule has 0 saturated carbocycles. The van der Waals surface area contributed by atoms with Crippen LogP contribution in [0.3, 0.4) is 0 Å². The maximum atomic E-state index is 4.09. The molecule has 0 radical (unpaired) electrons. The van der Waals surface area contributed by atoms with E-state index >= 15 is 0 Å². The number of nitrogens with one attached hydrogen (secondary N) is 1. The van der Waals surface area contributed by atoms with Crippen molar-refractivity contribution in [1.29, 1.82) is 0 Å². The van der Waals surface area contributed by atoms with Gasteiger partial charge in [-0.15, -0.1) is 0 Å². The van der Waals surface area contributed by atoms with E-state index < -0.39 is 0 Å². The van der Waals surface area contributed by atoms with Gasteiger partial charge in [-0.25, -0.2) is 0 Å². The van der Waals surface area contributed by atoms with E-state index in [1.54, 1.807) is 0 Å². The molecule has 1 heteroatoms. The molecule has 2 aromatic rings. The quantitative estimate of drug-likeness (QED) is 0.773. The molecular weight excluding hydrogens is 206 g/mol. The van der Waals surface area contributed by atoms with Gasteiger partial charge in [-0.05, 0) is 29.8 Å². The van der Waals surface area contributed by atoms with E-state index in [4.69, 9.17) is 0 Å². The lowest BCUT2D eigenvalue weighted by molar-refractivity contribution is 0.625. The van der Waals surface area contributed by atoms with Gasteiger partial charge >= 0.3 is 0 Å². The van der Waals surface area contributed by atoms with Crippen molar-refractivity contribution in [2.24, 2.45) is 0 Å². The first-order valence-corrected chi connectivity index (χ1v) is 6.10. The third kappa shape index (κ3) is 2.40. The Bertz CT molecular complexity index is 523. The van der Waals surface area contributed by atoms with Gasteiger partial charge in [-0.2, -0.15) is 0 Å². The molecule has 1 unspecified atom stereocenters. The van der Waals surface area contributed by atoms with E-state index in [9.17, 15) is 0 Å². The highest BCUT2D eigenvalue weighted by Crippen LogP contribution is 2.27. The zero-order chi connectivity index (χ0) is 12.3. The minimum Gasteiger partial charge on any atom is -0.307 e. The highest BCUT2D eigenvalue weighted by atomic mass is 14.9. The molecule has 0 aliphatic carbocycles. The molecule has 0 aliphatic heterocycles. The van der Waals surface area contributed by atoms with Gasteiger partial charge in [-0.1, -0.05) is 61.5 Å². The Morgan fingerprint density at radius 1 is 1.18 bits per heavy atom. The van der Waals surface area contributed by atoms with Crippen molar-refractivity contribution in [3.8, 4) is 0 Å². The highest BCUT2D eigenvalue weighted by molar-refractivity contribution is 5.86. The zero-order valence-corrected chi connectivity index (χ0v) is 10.5. The van der Waals surface area contributed by atoms with Crippen LogP contribution in [-0.4, -0.2) is 6.54 Å². The average Bonchev–Trinajstić information content (AvgIpc) is 2.35. The van der Waals surface area contributed by atoms with Crippen LogP contribution in [-0.2, 0) is 0 Å². The molecule has 0 heterocycles. The predicted molar refractivity (Wildman–Crippen MR) is 75.2 cm³/mol. The summed E-state index contributed by atoms with van der Waals surface area (Å²) in [4.78, 5) is 0. The van der Waals surface area contributed by atoms with E-state index in [0.717, 1.165) is 12.1 Å². The summed E-state index contributed by atoms with van der Waals surface area (Å²) in [6.07, 6.45) is 0. The van der Waals surface area contributed by atoms with Crippen LogP contribution in [0.1, 0.15) is 25.5 Å². The predicted octanol–water partition coefficient (Wildman–Crippen LogP) is 4.07. The Labute approximate surface area is 103 Å². The van der Waals surface area contributed by atoms with Crippen LogP contribution in [0.4, 0.5) is 0 Å². The van der Waals surface area contributed by atoms with E-state index in [1.807, 2.05) is 0 Å². The third-order valence-corrected chi connectivity index (χ3v) is 3.04. The zero-order valence-electron chi connectivity index (χ0n) is 10.5. The Morgan fingerprint density at radius 2 is 1.88 bits per heavy atom. The lowest BCUT2D eigenvalue weighted by atomic mass is 9.95. The molecule has 0 aliphatic rings. The third-order valence-electron chi connectivity index (χ3n) is 3.04. The summed E-state index contributed by atoms with van der Waals surface area (Å²) < 4.78 is 0. The summed E-state index contributed by atoms with van der Waals surface area (Å²) in [6, 6.07) is 15.2. The topological polar surface area (TPSA) is 12.0 Å². The molecule has 0 bridgehead atoms. The number of likely N-dealkylation sites (N-methyl/N-ethyl adjacent to an activating group) is 1. The number of rotatable bonds is 4. The normalized spacial score (nSPS) is 12.6. The first-order valence-electron chi connectivity index (χ1n) is 6.10. The molecule has 0 aromatic heterocycles. The van der Waals surface area contributed by atoms with Crippen molar-refractivity contribution in [1.82, 2.24) is 5.32 Å². The van der Waals surface area contributed by atoms with Gasteiger partial charge < -0.3 is 5.32 Å². The fourth-order valence-corrected chi connectivity index (χ4v) is 2.26. The second-order valence-corrected chi connectivity index (χ2v) is 4.41. The summed E-state index contributed by atoms with van der Waals surface area (Å²) in [7, 11) is 0. The molecule has 17 heavy (non-hydrogen) atoms. The van der Waals surface area contributed by atoms with Crippen LogP contribution >= 0.6 is 0 Å². The van der Waals surface area contributed by atoms with Crippen LogP contribution in [0, 0.1) is 0 Å². The first-order chi connectivity index (χ1) is 8.24. The summed E-state index contributed by atoms with van der Waals surface area (Å²) in [5.74, 6) is 0. The molecule has 1 atom stereocenters. The average molecular weight is 225 g/mol. The van der Waals surface area contributed by atoms with Crippen molar-refractivity contribution in [2.45, 2.75) is 19.9 Å². The minimum absolute atomic E-state index is 0.242. The van der Waals surface area contributed by atoms with Crippen LogP contribution in [0.5, 0.6) is 0 Å². The fourth-order valence-electron chi connectivity index (χ4n) is 2.26. The lowest BCUT2D eigenvalue weighted by Crippen LogP contribution is -2.21. The van der Waals surface area contributed by atoms with Crippen LogP contribution in [0.25, 0.3) is 10.8 Å². The Kier molecular flexibility index (Phi) is 3.60. The van der Waals surface area contributed by atoms with Gasteiger partial charge in [-0.3, -0.25) is 0 Å². The standard InChI is InChI=1S/C16H19N/c1-4-17-16(12(2)3)15-11-7-9-13-8-5-6-10-14(13)15/h5-11,16-17H,2,4H2,1,3H3. The smallest absolute Gasteiger partial charge is 0.0536 e. The maximum absolute atomic E-state index is 4.09. The summed E-state index contributed by atoms with van der Waals surface area (Å²) in [5, 5.41) is 6.09. The summed E-state index contributed by atoms with van der Waals surface area (Å²) >= 11 is 0. The van der Waals surface area contributed by atoms with Crippen molar-refractivity contribution in [3.63, 3.8) is 0 Å². The van der Waals surface area contributed by atoms with Gasteiger partial charge in [0.25, 0.3) is 0 Å². The highest BCUT2D eigenvalue weighted by Gasteiger charge is 2.13. The van der Waals surface area contributed by atoms with Gasteiger partial charge in [0.05, 0.1) is 6.04 Å². The number of fused-ring (bicyclic) bond motifs is 1. The monoisotopic (exact) mass is 225 g/mol. The number of hydrogen-bond acceptors (Lipinski definition) is 1. The molecule has 0 saturated heterocycles. The van der Waals surface area contributed by atoms with E-state index in [1.165, 1.54) is 16.3 Å². The minimum atomic E-state index is 0.242. The largest absolute Gasteiger partial charge is 0.307 e. The first kappa shape index (κ1) is 11.9. The Hall–Kier alpha value is -1.60. The molecule has 1 nitrogen and oxygen atoms in total. The van der Waals surface area contributed by atoms with Crippen molar-refractivity contribution < 1.29 is 0 Å². The lowest BCUT2D eigenvalue weighted by Gasteiger charge is -2.20. The van der Waals surface area contributed by atoms with Crippen LogP contribution in [0.2, 0.25) is 0 Å². The van der Waals surface area contributed by atoms with Crippen molar-refractivity contribution >= 4 is 10.8 Å². The molecule has 1 N–H and O–H groups in total. The van der Waals surface area contributed by atoms with Crippen molar-refractivity contribution in [2.75, 3.05) is 6.54 Å². The van der Waals surface area contributed by atoms with Gasteiger partial charge in [0.1, 0.15) is 0 Å². The SMILES string of the molecule is C=C(C)C(NCC)c1cccc2ccccc12. The number of hydrogen-bond donors (Lipinski definition) is 1. The Morgan fingerprint density at radius 3 is 2.59 bits per heavy atom. The van der Waals surface area contributed by atoms with E-state index in [0.29, 0.717) is 0 Å². The second-order valence-electron chi connectivity index (χ2n) is 4.41. The molecule has 88 valence electrons. The summed E-state index contributed by atoms with van der Waals surface area (Å²) in [5.41, 5.74) is 2.47. The van der Waals surface area contributed by atoms with Gasteiger partial charge in [0.2, 0.25) is 0 Å². The van der Waals surface area contributed by atoms with Crippen LogP contribution < -0.4 is 5.32 Å².